The first-order chi connectivity index (χ1) is 12.8. The zero-order chi connectivity index (χ0) is 18.2. The summed E-state index contributed by atoms with van der Waals surface area (Å²) in [5.74, 6) is 0.882. The molecule has 2 aromatic rings. The number of benzene rings is 1. The average Bonchev–Trinajstić information content (AvgIpc) is 3.20. The quantitative estimate of drug-likeness (QED) is 0.705. The molecule has 2 N–H and O–H groups in total. The van der Waals surface area contributed by atoms with E-state index in [1.807, 2.05) is 30.3 Å². The molecular formula is C19H24N4O3. The molecule has 1 fully saturated rings. The van der Waals surface area contributed by atoms with Crippen molar-refractivity contribution in [1.29, 1.82) is 0 Å². The van der Waals surface area contributed by atoms with Gasteiger partial charge in [-0.1, -0.05) is 30.3 Å². The molecule has 1 aromatic heterocycles. The van der Waals surface area contributed by atoms with Gasteiger partial charge in [-0.15, -0.1) is 0 Å². The first kappa shape index (κ1) is 18.3. The maximum atomic E-state index is 12.4. The van der Waals surface area contributed by atoms with Crippen LogP contribution in [0.4, 0.5) is 5.82 Å². The Morgan fingerprint density at radius 2 is 2.15 bits per heavy atom. The second-order valence-corrected chi connectivity index (χ2v) is 6.09. The van der Waals surface area contributed by atoms with Crippen LogP contribution in [-0.4, -0.2) is 55.4 Å². The first-order valence-electron chi connectivity index (χ1n) is 8.83. The number of nitrogens with zero attached hydrogens (tertiary/aromatic N) is 2. The topological polar surface area (TPSA) is 85.4 Å². The Morgan fingerprint density at radius 1 is 1.31 bits per heavy atom. The molecule has 0 radical (unpaired) electrons. The minimum absolute atomic E-state index is 0.184. The molecule has 2 heterocycles. The van der Waals surface area contributed by atoms with Gasteiger partial charge in [-0.05, 0) is 12.8 Å². The van der Waals surface area contributed by atoms with E-state index in [2.05, 4.69) is 20.6 Å². The lowest BCUT2D eigenvalue weighted by molar-refractivity contribution is 0.0932. The molecule has 138 valence electrons. The average molecular weight is 356 g/mol. The predicted molar refractivity (Wildman–Crippen MR) is 99.1 cm³/mol. The van der Waals surface area contributed by atoms with Gasteiger partial charge in [-0.3, -0.25) is 4.79 Å². The Kier molecular flexibility index (Phi) is 6.51. The number of hydrogen-bond acceptors (Lipinski definition) is 6. The molecule has 0 bridgehead atoms. The van der Waals surface area contributed by atoms with Crippen molar-refractivity contribution in [3.05, 3.63) is 42.1 Å². The Balaban J connectivity index is 1.80. The van der Waals surface area contributed by atoms with Crippen LogP contribution in [-0.2, 0) is 9.47 Å². The summed E-state index contributed by atoms with van der Waals surface area (Å²) in [6.07, 6.45) is 2.30. The maximum absolute atomic E-state index is 12.4. The summed E-state index contributed by atoms with van der Waals surface area (Å²) in [5.41, 5.74) is 1.18. The molecule has 0 spiro atoms. The zero-order valence-electron chi connectivity index (χ0n) is 14.9. The summed E-state index contributed by atoms with van der Waals surface area (Å²) in [4.78, 5) is 21.4. The molecule has 0 aliphatic carbocycles. The molecule has 1 aliphatic rings. The third kappa shape index (κ3) is 5.00. The Hall–Kier alpha value is -2.51. The fourth-order valence-corrected chi connectivity index (χ4v) is 2.75. The highest BCUT2D eigenvalue weighted by molar-refractivity contribution is 5.93. The summed E-state index contributed by atoms with van der Waals surface area (Å²) in [6.45, 7) is 2.35. The molecule has 7 heteroatoms. The van der Waals surface area contributed by atoms with E-state index in [1.54, 1.807) is 13.2 Å². The lowest BCUT2D eigenvalue weighted by Crippen LogP contribution is -2.28. The molecular weight excluding hydrogens is 332 g/mol. The summed E-state index contributed by atoms with van der Waals surface area (Å²) in [6, 6.07) is 11.3. The van der Waals surface area contributed by atoms with E-state index >= 15 is 0 Å². The van der Waals surface area contributed by atoms with Crippen LogP contribution in [0.3, 0.4) is 0 Å². The number of anilines is 1. The van der Waals surface area contributed by atoms with E-state index in [4.69, 9.17) is 9.47 Å². The molecule has 1 aromatic carbocycles. The maximum Gasteiger partial charge on any atom is 0.270 e. The van der Waals surface area contributed by atoms with Gasteiger partial charge in [-0.2, -0.15) is 0 Å². The highest BCUT2D eigenvalue weighted by Crippen LogP contribution is 2.19. The molecule has 7 nitrogen and oxygen atoms in total. The summed E-state index contributed by atoms with van der Waals surface area (Å²) in [5, 5.41) is 6.07. The number of ether oxygens (including phenoxy) is 2. The lowest BCUT2D eigenvalue weighted by atomic mass is 10.2. The normalized spacial score (nSPS) is 16.4. The monoisotopic (exact) mass is 356 g/mol. The molecule has 1 amide bonds. The number of aromatic nitrogens is 2. The minimum Gasteiger partial charge on any atom is -0.383 e. The van der Waals surface area contributed by atoms with Gasteiger partial charge in [0.1, 0.15) is 11.5 Å². The zero-order valence-corrected chi connectivity index (χ0v) is 14.9. The van der Waals surface area contributed by atoms with Crippen molar-refractivity contribution < 1.29 is 14.3 Å². The van der Waals surface area contributed by atoms with Gasteiger partial charge in [0.2, 0.25) is 0 Å². The van der Waals surface area contributed by atoms with E-state index in [1.165, 1.54) is 0 Å². The Morgan fingerprint density at radius 3 is 2.88 bits per heavy atom. The van der Waals surface area contributed by atoms with Crippen molar-refractivity contribution in [1.82, 2.24) is 15.3 Å². The Labute approximate surface area is 153 Å². The van der Waals surface area contributed by atoms with E-state index < -0.39 is 0 Å². The van der Waals surface area contributed by atoms with Gasteiger partial charge in [0.15, 0.2) is 5.82 Å². The van der Waals surface area contributed by atoms with E-state index in [-0.39, 0.29) is 12.0 Å². The number of hydrogen-bond donors (Lipinski definition) is 2. The minimum atomic E-state index is -0.248. The van der Waals surface area contributed by atoms with E-state index in [0.717, 1.165) is 25.0 Å². The molecule has 3 rings (SSSR count). The van der Waals surface area contributed by atoms with Crippen molar-refractivity contribution >= 4 is 11.7 Å². The number of methoxy groups -OCH3 is 1. The molecule has 26 heavy (non-hydrogen) atoms. The van der Waals surface area contributed by atoms with Crippen molar-refractivity contribution in [3.63, 3.8) is 0 Å². The van der Waals surface area contributed by atoms with Crippen molar-refractivity contribution in [2.24, 2.45) is 0 Å². The molecule has 1 saturated heterocycles. The number of carbonyl (C=O) groups excluding carboxylic acids is 1. The second-order valence-electron chi connectivity index (χ2n) is 6.09. The van der Waals surface area contributed by atoms with Crippen LogP contribution in [0.2, 0.25) is 0 Å². The lowest BCUT2D eigenvalue weighted by Gasteiger charge is -2.13. The molecule has 1 atom stereocenters. The second kappa shape index (κ2) is 9.26. The molecule has 0 saturated carbocycles. The molecule has 1 unspecified atom stereocenters. The molecule has 1 aliphatic heterocycles. The van der Waals surface area contributed by atoms with Crippen LogP contribution >= 0.6 is 0 Å². The van der Waals surface area contributed by atoms with Crippen LogP contribution in [0.1, 0.15) is 23.3 Å². The number of nitrogens with one attached hydrogen (secondary N) is 2. The fourth-order valence-electron chi connectivity index (χ4n) is 2.75. The van der Waals surface area contributed by atoms with Gasteiger partial charge in [0.25, 0.3) is 5.91 Å². The number of amides is 1. The van der Waals surface area contributed by atoms with Crippen LogP contribution in [0.5, 0.6) is 0 Å². The standard InChI is InChI=1S/C19H24N4O3/c1-25-11-9-20-19(24)16-12-17(21-13-15-8-5-10-26-15)23-18(22-16)14-6-3-2-4-7-14/h2-4,6-7,12,15H,5,8-11,13H2,1H3,(H,20,24)(H,21,22,23). The number of carbonyl (C=O) groups is 1. The van der Waals surface area contributed by atoms with Crippen LogP contribution in [0.25, 0.3) is 11.4 Å². The predicted octanol–water partition coefficient (Wildman–Crippen LogP) is 2.11. The highest BCUT2D eigenvalue weighted by Gasteiger charge is 2.17. The van der Waals surface area contributed by atoms with Crippen LogP contribution in [0, 0.1) is 0 Å². The third-order valence-corrected chi connectivity index (χ3v) is 4.12. The third-order valence-electron chi connectivity index (χ3n) is 4.12. The Bertz CT molecular complexity index is 718. The van der Waals surface area contributed by atoms with Gasteiger partial charge in [-0.25, -0.2) is 9.97 Å². The van der Waals surface area contributed by atoms with Gasteiger partial charge >= 0.3 is 0 Å². The van der Waals surface area contributed by atoms with Crippen LogP contribution in [0.15, 0.2) is 36.4 Å². The van der Waals surface area contributed by atoms with E-state index in [9.17, 15) is 4.79 Å². The summed E-state index contributed by atoms with van der Waals surface area (Å²) in [7, 11) is 1.59. The van der Waals surface area contributed by atoms with Crippen LogP contribution < -0.4 is 10.6 Å². The summed E-state index contributed by atoms with van der Waals surface area (Å²) >= 11 is 0. The van der Waals surface area contributed by atoms with Gasteiger partial charge in [0, 0.05) is 38.4 Å². The van der Waals surface area contributed by atoms with Crippen molar-refractivity contribution in [2.75, 3.05) is 38.7 Å². The van der Waals surface area contributed by atoms with Gasteiger partial charge < -0.3 is 20.1 Å². The van der Waals surface area contributed by atoms with Gasteiger partial charge in [0.05, 0.1) is 12.7 Å². The fraction of sp³-hybridized carbons (Fsp3) is 0.421. The summed E-state index contributed by atoms with van der Waals surface area (Å²) < 4.78 is 10.6. The van der Waals surface area contributed by atoms with Crippen molar-refractivity contribution in [2.45, 2.75) is 18.9 Å². The highest BCUT2D eigenvalue weighted by atomic mass is 16.5. The van der Waals surface area contributed by atoms with Crippen molar-refractivity contribution in [3.8, 4) is 11.4 Å². The number of rotatable bonds is 8. The first-order valence-corrected chi connectivity index (χ1v) is 8.83. The largest absolute Gasteiger partial charge is 0.383 e. The SMILES string of the molecule is COCCNC(=O)c1cc(NCC2CCCO2)nc(-c2ccccc2)n1. The van der Waals surface area contributed by atoms with E-state index in [0.29, 0.717) is 37.0 Å². The smallest absolute Gasteiger partial charge is 0.270 e.